The van der Waals surface area contributed by atoms with E-state index in [0.717, 1.165) is 48.6 Å². The summed E-state index contributed by atoms with van der Waals surface area (Å²) in [6.07, 6.45) is 0. The van der Waals surface area contributed by atoms with Gasteiger partial charge < -0.3 is 14.5 Å². The molecular weight excluding hydrogens is 392 g/mol. The standard InChI is InChI=1S/C20H24N4O2S2/c1-14-11-21-20(28-14)24-8-6-23(7-9-24)19(25)16-4-3-5-18(10-16)26-12-17-13-27-15(2)22-17/h3-5,10,13-14H,6-9,11-12H2,1-2H3. The predicted molar refractivity (Wildman–Crippen MR) is 114 cm³/mol. The smallest absolute Gasteiger partial charge is 0.254 e. The minimum Gasteiger partial charge on any atom is -0.487 e. The fourth-order valence-corrected chi connectivity index (χ4v) is 4.86. The molecule has 8 heteroatoms. The van der Waals surface area contributed by atoms with E-state index in [-0.39, 0.29) is 5.91 Å². The van der Waals surface area contributed by atoms with Crippen molar-refractivity contribution >= 4 is 34.2 Å². The summed E-state index contributed by atoms with van der Waals surface area (Å²) < 4.78 is 5.82. The van der Waals surface area contributed by atoms with Crippen molar-refractivity contribution in [2.75, 3.05) is 32.7 Å². The van der Waals surface area contributed by atoms with E-state index in [0.29, 0.717) is 23.2 Å². The minimum absolute atomic E-state index is 0.0592. The van der Waals surface area contributed by atoms with Crippen LogP contribution in [0.2, 0.25) is 0 Å². The number of rotatable bonds is 4. The molecule has 1 unspecified atom stereocenters. The fraction of sp³-hybridized carbons (Fsp3) is 0.450. The Morgan fingerprint density at radius 2 is 2.11 bits per heavy atom. The highest BCUT2D eigenvalue weighted by Gasteiger charge is 2.27. The van der Waals surface area contributed by atoms with E-state index < -0.39 is 0 Å². The maximum atomic E-state index is 12.9. The largest absolute Gasteiger partial charge is 0.487 e. The number of carbonyl (C=O) groups excluding carboxylic acids is 1. The molecular formula is C20H24N4O2S2. The fourth-order valence-electron chi connectivity index (χ4n) is 3.27. The van der Waals surface area contributed by atoms with E-state index in [2.05, 4.69) is 21.8 Å². The molecule has 3 heterocycles. The van der Waals surface area contributed by atoms with Gasteiger partial charge in [-0.05, 0) is 25.1 Å². The number of nitrogens with zero attached hydrogens (tertiary/aromatic N) is 4. The lowest BCUT2D eigenvalue weighted by atomic mass is 10.1. The first-order valence-corrected chi connectivity index (χ1v) is 11.2. The summed E-state index contributed by atoms with van der Waals surface area (Å²) in [7, 11) is 0. The number of hydrogen-bond donors (Lipinski definition) is 0. The number of carbonyl (C=O) groups is 1. The third kappa shape index (κ3) is 4.50. The molecule has 1 fully saturated rings. The van der Waals surface area contributed by atoms with Crippen LogP contribution in [0, 0.1) is 6.92 Å². The second-order valence-electron chi connectivity index (χ2n) is 7.01. The summed E-state index contributed by atoms with van der Waals surface area (Å²) in [6, 6.07) is 7.43. The van der Waals surface area contributed by atoms with Gasteiger partial charge in [-0.15, -0.1) is 11.3 Å². The van der Waals surface area contributed by atoms with Gasteiger partial charge in [-0.1, -0.05) is 24.8 Å². The van der Waals surface area contributed by atoms with Gasteiger partial charge in [0.25, 0.3) is 5.91 Å². The van der Waals surface area contributed by atoms with Crippen LogP contribution in [0.5, 0.6) is 5.75 Å². The number of thiazole rings is 1. The van der Waals surface area contributed by atoms with Gasteiger partial charge in [0, 0.05) is 42.4 Å². The molecule has 1 saturated heterocycles. The van der Waals surface area contributed by atoms with Crippen LogP contribution in [0.3, 0.4) is 0 Å². The Hall–Kier alpha value is -2.06. The van der Waals surface area contributed by atoms with Crippen LogP contribution in [-0.4, -0.2) is 63.8 Å². The van der Waals surface area contributed by atoms with Gasteiger partial charge in [0.2, 0.25) is 0 Å². The number of hydrogen-bond acceptors (Lipinski definition) is 7. The summed E-state index contributed by atoms with van der Waals surface area (Å²) in [4.78, 5) is 26.1. The Morgan fingerprint density at radius 1 is 1.29 bits per heavy atom. The van der Waals surface area contributed by atoms with Crippen molar-refractivity contribution in [1.82, 2.24) is 14.8 Å². The average molecular weight is 417 g/mol. The second-order valence-corrected chi connectivity index (χ2v) is 9.47. The molecule has 1 aromatic carbocycles. The third-order valence-electron chi connectivity index (χ3n) is 4.76. The summed E-state index contributed by atoms with van der Waals surface area (Å²) in [5.74, 6) is 0.754. The first kappa shape index (κ1) is 19.3. The molecule has 2 aliphatic heterocycles. The number of benzene rings is 1. The molecule has 6 nitrogen and oxygen atoms in total. The predicted octanol–water partition coefficient (Wildman–Crippen LogP) is 3.28. The van der Waals surface area contributed by atoms with E-state index in [9.17, 15) is 4.79 Å². The molecule has 0 N–H and O–H groups in total. The second kappa shape index (κ2) is 8.53. The molecule has 2 aliphatic rings. The van der Waals surface area contributed by atoms with Crippen LogP contribution in [0.4, 0.5) is 0 Å². The van der Waals surface area contributed by atoms with Gasteiger partial charge in [-0.25, -0.2) is 4.98 Å². The maximum absolute atomic E-state index is 12.9. The number of amidine groups is 1. The Balaban J connectivity index is 1.33. The van der Waals surface area contributed by atoms with Crippen LogP contribution in [0.25, 0.3) is 0 Å². The Labute approximate surface area is 173 Å². The van der Waals surface area contributed by atoms with Gasteiger partial charge in [0.15, 0.2) is 5.17 Å². The SMILES string of the molecule is Cc1nc(COc2cccc(C(=O)N3CCN(C4=NCC(C)S4)CC3)c2)cs1. The topological polar surface area (TPSA) is 58.0 Å². The molecule has 0 spiro atoms. The van der Waals surface area contributed by atoms with E-state index in [1.165, 1.54) is 0 Å². The summed E-state index contributed by atoms with van der Waals surface area (Å²) in [6.45, 7) is 8.60. The van der Waals surface area contributed by atoms with Crippen molar-refractivity contribution in [1.29, 1.82) is 0 Å². The average Bonchev–Trinajstić information content (AvgIpc) is 3.34. The third-order valence-corrected chi connectivity index (χ3v) is 6.73. The number of aryl methyl sites for hydroxylation is 1. The first-order valence-electron chi connectivity index (χ1n) is 9.47. The van der Waals surface area contributed by atoms with E-state index in [4.69, 9.17) is 4.74 Å². The minimum atomic E-state index is 0.0592. The number of aromatic nitrogens is 1. The van der Waals surface area contributed by atoms with Crippen molar-refractivity contribution in [3.8, 4) is 5.75 Å². The number of thioether (sulfide) groups is 1. The summed E-state index contributed by atoms with van der Waals surface area (Å²) in [5, 5.41) is 4.72. The van der Waals surface area contributed by atoms with Crippen molar-refractivity contribution in [3.63, 3.8) is 0 Å². The number of aliphatic imine (C=N–C) groups is 1. The molecule has 0 radical (unpaired) electrons. The van der Waals surface area contributed by atoms with Crippen molar-refractivity contribution < 1.29 is 9.53 Å². The lowest BCUT2D eigenvalue weighted by Gasteiger charge is -2.35. The van der Waals surface area contributed by atoms with Crippen LogP contribution in [0.15, 0.2) is 34.6 Å². The molecule has 0 bridgehead atoms. The Morgan fingerprint density at radius 3 is 2.79 bits per heavy atom. The lowest BCUT2D eigenvalue weighted by molar-refractivity contribution is 0.0693. The van der Waals surface area contributed by atoms with E-state index >= 15 is 0 Å². The van der Waals surface area contributed by atoms with Gasteiger partial charge in [0.05, 0.1) is 17.2 Å². The molecule has 4 rings (SSSR count). The van der Waals surface area contributed by atoms with Gasteiger partial charge in [-0.2, -0.15) is 0 Å². The van der Waals surface area contributed by atoms with Crippen LogP contribution >= 0.6 is 23.1 Å². The monoisotopic (exact) mass is 416 g/mol. The molecule has 0 saturated carbocycles. The lowest BCUT2D eigenvalue weighted by Crippen LogP contribution is -2.49. The highest BCUT2D eigenvalue weighted by Crippen LogP contribution is 2.24. The zero-order valence-corrected chi connectivity index (χ0v) is 17.8. The van der Waals surface area contributed by atoms with Crippen molar-refractivity contribution in [2.24, 2.45) is 4.99 Å². The van der Waals surface area contributed by atoms with Crippen molar-refractivity contribution in [2.45, 2.75) is 25.7 Å². The summed E-state index contributed by atoms with van der Waals surface area (Å²) >= 11 is 3.45. The highest BCUT2D eigenvalue weighted by atomic mass is 32.2. The van der Waals surface area contributed by atoms with E-state index in [1.807, 2.05) is 53.2 Å². The zero-order chi connectivity index (χ0) is 19.5. The molecule has 2 aromatic rings. The molecule has 1 amide bonds. The van der Waals surface area contributed by atoms with Gasteiger partial charge in [0.1, 0.15) is 12.4 Å². The first-order chi connectivity index (χ1) is 13.6. The molecule has 28 heavy (non-hydrogen) atoms. The van der Waals surface area contributed by atoms with Gasteiger partial charge in [-0.3, -0.25) is 9.79 Å². The number of piperazine rings is 1. The number of amides is 1. The molecule has 148 valence electrons. The Bertz CT molecular complexity index is 875. The maximum Gasteiger partial charge on any atom is 0.254 e. The van der Waals surface area contributed by atoms with Crippen LogP contribution < -0.4 is 4.74 Å². The quantitative estimate of drug-likeness (QED) is 0.766. The highest BCUT2D eigenvalue weighted by molar-refractivity contribution is 8.14. The van der Waals surface area contributed by atoms with Crippen LogP contribution in [-0.2, 0) is 6.61 Å². The normalized spacial score (nSPS) is 19.6. The molecule has 1 aromatic heterocycles. The molecule has 1 atom stereocenters. The molecule has 0 aliphatic carbocycles. The summed E-state index contributed by atoms with van der Waals surface area (Å²) in [5.41, 5.74) is 1.58. The van der Waals surface area contributed by atoms with Crippen LogP contribution in [0.1, 0.15) is 28.0 Å². The Kier molecular flexibility index (Phi) is 5.87. The van der Waals surface area contributed by atoms with Gasteiger partial charge >= 0.3 is 0 Å². The zero-order valence-electron chi connectivity index (χ0n) is 16.1. The van der Waals surface area contributed by atoms with E-state index in [1.54, 1.807) is 11.3 Å². The van der Waals surface area contributed by atoms with Crippen molar-refractivity contribution in [3.05, 3.63) is 45.9 Å². The number of ether oxygens (including phenoxy) is 1.